The summed E-state index contributed by atoms with van der Waals surface area (Å²) in [7, 11) is 1.50. The van der Waals surface area contributed by atoms with Crippen molar-refractivity contribution < 1.29 is 35.8 Å². The van der Waals surface area contributed by atoms with E-state index < -0.39 is 29.5 Å². The molecule has 0 saturated carbocycles. The van der Waals surface area contributed by atoms with Crippen molar-refractivity contribution in [3.05, 3.63) is 59.9 Å². The maximum absolute atomic E-state index is 13.4. The molecule has 0 atom stereocenters. The molecule has 0 N–H and O–H groups in total. The van der Waals surface area contributed by atoms with Crippen molar-refractivity contribution in [2.24, 2.45) is 7.05 Å². The predicted octanol–water partition coefficient (Wildman–Crippen LogP) is 5.71. The molecule has 31 heavy (non-hydrogen) atoms. The maximum atomic E-state index is 13.4. The average molecular weight is 445 g/mol. The second-order valence-electron chi connectivity index (χ2n) is 7.08. The highest BCUT2D eigenvalue weighted by molar-refractivity contribution is 5.61. The van der Waals surface area contributed by atoms with Crippen LogP contribution in [-0.4, -0.2) is 21.1 Å². The molecule has 11 heteroatoms. The molecule has 0 fully saturated rings. The van der Waals surface area contributed by atoms with Crippen molar-refractivity contribution >= 4 is 0 Å². The van der Waals surface area contributed by atoms with Crippen LogP contribution in [0.3, 0.4) is 0 Å². The van der Waals surface area contributed by atoms with Gasteiger partial charge < -0.3 is 14.0 Å². The molecule has 166 valence electrons. The van der Waals surface area contributed by atoms with Crippen molar-refractivity contribution in [1.29, 1.82) is 0 Å². The fourth-order valence-corrected chi connectivity index (χ4v) is 3.06. The second-order valence-corrected chi connectivity index (χ2v) is 7.08. The number of alkyl halides is 6. The van der Waals surface area contributed by atoms with Crippen molar-refractivity contribution in [2.45, 2.75) is 32.0 Å². The summed E-state index contributed by atoms with van der Waals surface area (Å²) in [6, 6.07) is 9.72. The quantitative estimate of drug-likeness (QED) is 0.472. The number of aromatic nitrogens is 3. The summed E-state index contributed by atoms with van der Waals surface area (Å²) < 4.78 is 88.0. The molecule has 3 aromatic rings. The first-order chi connectivity index (χ1) is 14.3. The molecule has 0 aliphatic carbocycles. The van der Waals surface area contributed by atoms with E-state index in [2.05, 4.69) is 14.9 Å². The number of nitrogens with zero attached hydrogens (tertiary/aromatic N) is 3. The van der Waals surface area contributed by atoms with Crippen LogP contribution in [-0.2, 0) is 18.8 Å². The van der Waals surface area contributed by atoms with Crippen LogP contribution in [0.2, 0.25) is 0 Å². The van der Waals surface area contributed by atoms with Crippen LogP contribution in [0.15, 0.2) is 48.5 Å². The Morgan fingerprint density at radius 2 is 1.32 bits per heavy atom. The minimum absolute atomic E-state index is 0.00600. The van der Waals surface area contributed by atoms with Gasteiger partial charge in [-0.25, -0.2) is 0 Å². The first-order valence-electron chi connectivity index (χ1n) is 8.89. The van der Waals surface area contributed by atoms with Gasteiger partial charge in [0, 0.05) is 12.6 Å². The van der Waals surface area contributed by atoms with Gasteiger partial charge in [-0.1, -0.05) is 18.2 Å². The SMILES string of the molecule is Cn1c(-c2ccccc2C(F)(F)F)nnc1C(C)(C)Oc1ccc(OC(F)(F)F)cc1. The van der Waals surface area contributed by atoms with E-state index in [9.17, 15) is 26.3 Å². The molecular formula is C20H17F6N3O2. The molecule has 1 aromatic heterocycles. The third-order valence-corrected chi connectivity index (χ3v) is 4.32. The zero-order valence-corrected chi connectivity index (χ0v) is 16.5. The summed E-state index contributed by atoms with van der Waals surface area (Å²) in [5, 5.41) is 7.91. The van der Waals surface area contributed by atoms with Gasteiger partial charge in [0.25, 0.3) is 0 Å². The molecule has 0 aliphatic heterocycles. The number of halogens is 6. The molecular weight excluding hydrogens is 428 g/mol. The summed E-state index contributed by atoms with van der Waals surface area (Å²) in [5.74, 6) is 0.00532. The van der Waals surface area contributed by atoms with Crippen molar-refractivity contribution in [1.82, 2.24) is 14.8 Å². The zero-order valence-electron chi connectivity index (χ0n) is 16.5. The maximum Gasteiger partial charge on any atom is 0.573 e. The summed E-state index contributed by atoms with van der Waals surface area (Å²) >= 11 is 0. The molecule has 1 heterocycles. The van der Waals surface area contributed by atoms with Gasteiger partial charge in [-0.2, -0.15) is 13.2 Å². The van der Waals surface area contributed by atoms with E-state index in [0.717, 1.165) is 18.2 Å². The fourth-order valence-electron chi connectivity index (χ4n) is 3.06. The third-order valence-electron chi connectivity index (χ3n) is 4.32. The smallest absolute Gasteiger partial charge is 0.480 e. The lowest BCUT2D eigenvalue weighted by molar-refractivity contribution is -0.274. The van der Waals surface area contributed by atoms with Crippen LogP contribution in [0.25, 0.3) is 11.4 Å². The van der Waals surface area contributed by atoms with E-state index in [1.54, 1.807) is 13.8 Å². The summed E-state index contributed by atoms with van der Waals surface area (Å²) in [5.41, 5.74) is -2.16. The Bertz CT molecular complexity index is 1060. The predicted molar refractivity (Wildman–Crippen MR) is 98.2 cm³/mol. The number of rotatable bonds is 5. The average Bonchev–Trinajstić information content (AvgIpc) is 3.03. The Morgan fingerprint density at radius 1 is 0.774 bits per heavy atom. The Kier molecular flexibility index (Phi) is 5.64. The van der Waals surface area contributed by atoms with Crippen LogP contribution >= 0.6 is 0 Å². The molecule has 0 unspecified atom stereocenters. The molecule has 3 rings (SSSR count). The van der Waals surface area contributed by atoms with E-state index in [1.165, 1.54) is 41.9 Å². The molecule has 0 bridgehead atoms. The van der Waals surface area contributed by atoms with Crippen LogP contribution < -0.4 is 9.47 Å². The van der Waals surface area contributed by atoms with Crippen molar-refractivity contribution in [3.63, 3.8) is 0 Å². The molecule has 5 nitrogen and oxygen atoms in total. The van der Waals surface area contributed by atoms with Gasteiger partial charge in [0.15, 0.2) is 17.2 Å². The van der Waals surface area contributed by atoms with Crippen molar-refractivity contribution in [2.75, 3.05) is 0 Å². The Morgan fingerprint density at radius 3 is 1.87 bits per heavy atom. The van der Waals surface area contributed by atoms with Gasteiger partial charge in [0.2, 0.25) is 0 Å². The minimum atomic E-state index is -4.82. The van der Waals surface area contributed by atoms with E-state index in [0.29, 0.717) is 0 Å². The van der Waals surface area contributed by atoms with Gasteiger partial charge in [0.1, 0.15) is 11.5 Å². The molecule has 0 radical (unpaired) electrons. The highest BCUT2D eigenvalue weighted by Crippen LogP contribution is 2.37. The highest BCUT2D eigenvalue weighted by Gasteiger charge is 2.36. The first-order valence-corrected chi connectivity index (χ1v) is 8.89. The van der Waals surface area contributed by atoms with E-state index in [-0.39, 0.29) is 23.0 Å². The van der Waals surface area contributed by atoms with Crippen molar-refractivity contribution in [3.8, 4) is 22.9 Å². The van der Waals surface area contributed by atoms with Gasteiger partial charge in [0.05, 0.1) is 5.56 Å². The lowest BCUT2D eigenvalue weighted by Gasteiger charge is -2.25. The Balaban J connectivity index is 1.88. The van der Waals surface area contributed by atoms with Gasteiger partial charge >= 0.3 is 12.5 Å². The number of hydrogen-bond acceptors (Lipinski definition) is 4. The van der Waals surface area contributed by atoms with Crippen LogP contribution in [0, 0.1) is 0 Å². The topological polar surface area (TPSA) is 49.2 Å². The van der Waals surface area contributed by atoms with E-state index in [1.807, 2.05) is 0 Å². The molecule has 0 spiro atoms. The Labute approximate surface area is 173 Å². The first kappa shape index (κ1) is 22.4. The monoisotopic (exact) mass is 445 g/mol. The van der Waals surface area contributed by atoms with Crippen LogP contribution in [0.4, 0.5) is 26.3 Å². The standard InChI is InChI=1S/C20H17F6N3O2/c1-18(2,30-12-8-10-13(11-9-12)31-20(24,25)26)17-28-27-16(29(17)3)14-6-4-5-7-15(14)19(21,22)23/h4-11H,1-3H3. The number of ether oxygens (including phenoxy) is 2. The lowest BCUT2D eigenvalue weighted by Crippen LogP contribution is -2.29. The fraction of sp³-hybridized carbons (Fsp3) is 0.300. The third kappa shape index (κ3) is 5.09. The molecule has 2 aromatic carbocycles. The molecule has 0 aliphatic rings. The lowest BCUT2D eigenvalue weighted by atomic mass is 10.1. The molecule has 0 saturated heterocycles. The normalized spacial score (nSPS) is 12.7. The van der Waals surface area contributed by atoms with Gasteiger partial charge in [-0.3, -0.25) is 0 Å². The van der Waals surface area contributed by atoms with E-state index in [4.69, 9.17) is 4.74 Å². The Hall–Kier alpha value is -3.24. The zero-order chi connectivity index (χ0) is 23.0. The van der Waals surface area contributed by atoms with Crippen LogP contribution in [0.5, 0.6) is 11.5 Å². The summed E-state index contributed by atoms with van der Waals surface area (Å²) in [6.07, 6.45) is -9.39. The van der Waals surface area contributed by atoms with Crippen LogP contribution in [0.1, 0.15) is 25.2 Å². The highest BCUT2D eigenvalue weighted by atomic mass is 19.4. The summed E-state index contributed by atoms with van der Waals surface area (Å²) in [4.78, 5) is 0. The number of hydrogen-bond donors (Lipinski definition) is 0. The second kappa shape index (κ2) is 7.78. The van der Waals surface area contributed by atoms with E-state index >= 15 is 0 Å². The van der Waals surface area contributed by atoms with Gasteiger partial charge in [-0.15, -0.1) is 23.4 Å². The molecule has 0 amide bonds. The minimum Gasteiger partial charge on any atom is -0.480 e. The van der Waals surface area contributed by atoms with Gasteiger partial charge in [-0.05, 0) is 44.2 Å². The number of benzene rings is 2. The summed E-state index contributed by atoms with van der Waals surface area (Å²) in [6.45, 7) is 3.22. The largest absolute Gasteiger partial charge is 0.573 e.